The maximum atomic E-state index is 13.7. The lowest BCUT2D eigenvalue weighted by Crippen LogP contribution is -2.66. The topological polar surface area (TPSA) is 129 Å². The maximum absolute atomic E-state index is 13.7. The molecule has 3 aliphatic rings. The number of aliphatic hydroxyl groups is 1. The summed E-state index contributed by atoms with van der Waals surface area (Å²) >= 11 is 0. The smallest absolute Gasteiger partial charge is 0.248 e. The van der Waals surface area contributed by atoms with Gasteiger partial charge in [-0.2, -0.15) is 0 Å². The molecular weight excluding hydrogens is 460 g/mol. The second kappa shape index (κ2) is 8.31. The third kappa shape index (κ3) is 3.65. The van der Waals surface area contributed by atoms with Gasteiger partial charge in [0.15, 0.2) is 0 Å². The summed E-state index contributed by atoms with van der Waals surface area (Å²) in [7, 11) is 1.53. The van der Waals surface area contributed by atoms with E-state index in [4.69, 9.17) is 15.2 Å². The van der Waals surface area contributed by atoms with E-state index < -0.39 is 35.2 Å². The van der Waals surface area contributed by atoms with Crippen molar-refractivity contribution in [1.82, 2.24) is 9.80 Å². The van der Waals surface area contributed by atoms with Gasteiger partial charge in [0, 0.05) is 30.2 Å². The molecule has 0 aromatic heterocycles. The molecule has 2 amide bonds. The van der Waals surface area contributed by atoms with Crippen molar-refractivity contribution in [3.63, 3.8) is 0 Å². The van der Waals surface area contributed by atoms with E-state index in [9.17, 15) is 20.1 Å². The second-order valence-electron chi connectivity index (χ2n) is 10.7. The van der Waals surface area contributed by atoms with Crippen LogP contribution >= 0.6 is 0 Å². The Morgan fingerprint density at radius 3 is 2.58 bits per heavy atom. The SMILES string of the molecule is COC1COc2ccc(C(N)=O)cc2C1N1C(=N)N([C@@H]2c3ccccc3C[C@@]2(C)O)C(C)(C)CC1=O. The average Bonchev–Trinajstić information content (AvgIpc) is 3.07. The molecule has 2 heterocycles. The summed E-state index contributed by atoms with van der Waals surface area (Å²) in [5, 5.41) is 20.9. The molecule has 0 saturated carbocycles. The van der Waals surface area contributed by atoms with E-state index >= 15 is 0 Å². The lowest BCUT2D eigenvalue weighted by Gasteiger charge is -2.55. The van der Waals surface area contributed by atoms with Crippen LogP contribution in [0.1, 0.15) is 66.3 Å². The van der Waals surface area contributed by atoms with Crippen LogP contribution in [0, 0.1) is 5.41 Å². The summed E-state index contributed by atoms with van der Waals surface area (Å²) in [4.78, 5) is 28.9. The van der Waals surface area contributed by atoms with Gasteiger partial charge in [-0.15, -0.1) is 0 Å². The molecule has 2 aromatic carbocycles. The zero-order chi connectivity index (χ0) is 26.0. The van der Waals surface area contributed by atoms with Crippen molar-refractivity contribution in [2.45, 2.75) is 62.9 Å². The van der Waals surface area contributed by atoms with Crippen molar-refractivity contribution in [3.05, 3.63) is 64.7 Å². The minimum absolute atomic E-state index is 0.0254. The van der Waals surface area contributed by atoms with Crippen LogP contribution in [0.25, 0.3) is 0 Å². The standard InChI is InChI=1S/C27H32N4O5/c1-26(2)13-21(32)30(22-18-11-15(24(28)33)9-10-19(18)36-14-20(22)35-4)25(29)31(26)23-17-8-6-5-7-16(17)12-27(23,3)34/h5-11,20,22-23,29,34H,12-14H2,1-4H3,(H2,28,33)/t20?,22?,23-,27-/m1/s1. The van der Waals surface area contributed by atoms with Gasteiger partial charge in [0.2, 0.25) is 17.8 Å². The number of nitrogens with two attached hydrogens (primary N) is 1. The number of fused-ring (bicyclic) bond motifs is 2. The van der Waals surface area contributed by atoms with E-state index in [0.717, 1.165) is 11.1 Å². The zero-order valence-corrected chi connectivity index (χ0v) is 20.9. The quantitative estimate of drug-likeness (QED) is 0.602. The number of carbonyl (C=O) groups is 2. The molecule has 2 unspecified atom stereocenters. The molecule has 4 N–H and O–H groups in total. The molecule has 36 heavy (non-hydrogen) atoms. The van der Waals surface area contributed by atoms with Crippen molar-refractivity contribution in [1.29, 1.82) is 5.41 Å². The first-order valence-electron chi connectivity index (χ1n) is 12.1. The predicted molar refractivity (Wildman–Crippen MR) is 133 cm³/mol. The van der Waals surface area contributed by atoms with Crippen LogP contribution in [-0.2, 0) is 16.0 Å². The van der Waals surface area contributed by atoms with Gasteiger partial charge in [-0.05, 0) is 50.1 Å². The molecular formula is C27H32N4O5. The van der Waals surface area contributed by atoms with E-state index in [1.807, 2.05) is 43.0 Å². The Morgan fingerprint density at radius 2 is 1.89 bits per heavy atom. The Bertz CT molecular complexity index is 1260. The van der Waals surface area contributed by atoms with Crippen molar-refractivity contribution < 1.29 is 24.2 Å². The highest BCUT2D eigenvalue weighted by molar-refractivity contribution is 6.00. The number of rotatable bonds is 4. The molecule has 1 saturated heterocycles. The van der Waals surface area contributed by atoms with Crippen LogP contribution in [-0.4, -0.2) is 63.6 Å². The van der Waals surface area contributed by atoms with E-state index in [-0.39, 0.29) is 30.5 Å². The van der Waals surface area contributed by atoms with Gasteiger partial charge < -0.3 is 25.2 Å². The Hall–Kier alpha value is -3.43. The summed E-state index contributed by atoms with van der Waals surface area (Å²) in [5.41, 5.74) is 6.46. The van der Waals surface area contributed by atoms with Gasteiger partial charge in [-0.25, -0.2) is 0 Å². The first-order chi connectivity index (χ1) is 17.0. The molecule has 9 heteroatoms. The second-order valence-corrected chi connectivity index (χ2v) is 10.7. The largest absolute Gasteiger partial charge is 0.490 e. The summed E-state index contributed by atoms with van der Waals surface area (Å²) in [5.74, 6) is -0.356. The van der Waals surface area contributed by atoms with Crippen LogP contribution in [0.3, 0.4) is 0 Å². The highest BCUT2D eigenvalue weighted by Crippen LogP contribution is 2.49. The highest BCUT2D eigenvalue weighted by Gasteiger charge is 2.55. The minimum Gasteiger partial charge on any atom is -0.490 e. The number of benzene rings is 2. The van der Waals surface area contributed by atoms with Gasteiger partial charge >= 0.3 is 0 Å². The van der Waals surface area contributed by atoms with Crippen LogP contribution in [0.4, 0.5) is 0 Å². The summed E-state index contributed by atoms with van der Waals surface area (Å²) in [6.07, 6.45) is -0.00273. The number of methoxy groups -OCH3 is 1. The third-order valence-electron chi connectivity index (χ3n) is 7.66. The molecule has 2 aromatic rings. The molecule has 1 aliphatic carbocycles. The lowest BCUT2D eigenvalue weighted by atomic mass is 9.85. The van der Waals surface area contributed by atoms with Crippen LogP contribution < -0.4 is 10.5 Å². The first-order valence-corrected chi connectivity index (χ1v) is 12.1. The lowest BCUT2D eigenvalue weighted by molar-refractivity contribution is -0.143. The zero-order valence-electron chi connectivity index (χ0n) is 20.9. The molecule has 1 fully saturated rings. The number of guanidine groups is 1. The van der Waals surface area contributed by atoms with Gasteiger partial charge in [-0.3, -0.25) is 19.9 Å². The monoisotopic (exact) mass is 492 g/mol. The maximum Gasteiger partial charge on any atom is 0.248 e. The fourth-order valence-corrected chi connectivity index (χ4v) is 6.05. The number of nitrogens with zero attached hydrogens (tertiary/aromatic N) is 2. The van der Waals surface area contributed by atoms with Gasteiger partial charge in [0.1, 0.15) is 18.5 Å². The molecule has 9 nitrogen and oxygen atoms in total. The number of amides is 2. The summed E-state index contributed by atoms with van der Waals surface area (Å²) in [6, 6.07) is 11.5. The van der Waals surface area contributed by atoms with Crippen molar-refractivity contribution in [2.75, 3.05) is 13.7 Å². The van der Waals surface area contributed by atoms with Gasteiger partial charge in [-0.1, -0.05) is 24.3 Å². The van der Waals surface area contributed by atoms with Crippen molar-refractivity contribution in [3.8, 4) is 5.75 Å². The molecule has 5 rings (SSSR count). The minimum atomic E-state index is -1.15. The number of primary amides is 1. The molecule has 0 spiro atoms. The third-order valence-corrected chi connectivity index (χ3v) is 7.66. The Balaban J connectivity index is 1.64. The molecule has 0 bridgehead atoms. The molecule has 4 atom stereocenters. The van der Waals surface area contributed by atoms with Gasteiger partial charge in [0.25, 0.3) is 0 Å². The van der Waals surface area contributed by atoms with E-state index in [1.165, 1.54) is 12.0 Å². The normalized spacial score (nSPS) is 29.0. The van der Waals surface area contributed by atoms with E-state index in [0.29, 0.717) is 17.7 Å². The number of hydrogen-bond acceptors (Lipinski definition) is 6. The number of hydrogen-bond donors (Lipinski definition) is 3. The fourth-order valence-electron chi connectivity index (χ4n) is 6.05. The molecule has 190 valence electrons. The van der Waals surface area contributed by atoms with Gasteiger partial charge in [0.05, 0.1) is 24.1 Å². The molecule has 2 aliphatic heterocycles. The van der Waals surface area contributed by atoms with E-state index in [1.54, 1.807) is 25.1 Å². The van der Waals surface area contributed by atoms with Crippen LogP contribution in [0.15, 0.2) is 42.5 Å². The number of ether oxygens (including phenoxy) is 2. The van der Waals surface area contributed by atoms with E-state index in [2.05, 4.69) is 0 Å². The number of nitrogens with one attached hydrogen (secondary N) is 1. The van der Waals surface area contributed by atoms with Crippen molar-refractivity contribution >= 4 is 17.8 Å². The number of carbonyl (C=O) groups excluding carboxylic acids is 2. The summed E-state index contributed by atoms with van der Waals surface area (Å²) < 4.78 is 11.6. The van der Waals surface area contributed by atoms with Crippen LogP contribution in [0.5, 0.6) is 5.75 Å². The molecule has 0 radical (unpaired) electrons. The Labute approximate surface area is 210 Å². The van der Waals surface area contributed by atoms with Crippen molar-refractivity contribution in [2.24, 2.45) is 5.73 Å². The predicted octanol–water partition coefficient (Wildman–Crippen LogP) is 2.53. The Kier molecular flexibility index (Phi) is 5.61. The average molecular weight is 493 g/mol. The summed E-state index contributed by atoms with van der Waals surface area (Å²) in [6.45, 7) is 5.80. The Morgan fingerprint density at radius 1 is 1.17 bits per heavy atom. The van der Waals surface area contributed by atoms with Crippen LogP contribution in [0.2, 0.25) is 0 Å². The highest BCUT2D eigenvalue weighted by atomic mass is 16.5. The first kappa shape index (κ1) is 24.3. The fraction of sp³-hybridized carbons (Fsp3) is 0.444.